The highest BCUT2D eigenvalue weighted by Gasteiger charge is 2.32. The van der Waals surface area contributed by atoms with Crippen LogP contribution < -0.4 is 15.0 Å². The first-order valence-corrected chi connectivity index (χ1v) is 12.6. The van der Waals surface area contributed by atoms with Gasteiger partial charge >= 0.3 is 6.09 Å². The summed E-state index contributed by atoms with van der Waals surface area (Å²) in [6.07, 6.45) is 2.29. The van der Waals surface area contributed by atoms with Crippen molar-refractivity contribution in [2.24, 2.45) is 0 Å². The van der Waals surface area contributed by atoms with Crippen LogP contribution in [0.5, 0.6) is 5.75 Å². The second-order valence-corrected chi connectivity index (χ2v) is 10.3. The summed E-state index contributed by atoms with van der Waals surface area (Å²) in [7, 11) is 1.70. The first kappa shape index (κ1) is 27.6. The smallest absolute Gasteiger partial charge is 0.410 e. The Morgan fingerprint density at radius 2 is 1.89 bits per heavy atom. The average molecular weight is 520 g/mol. The molecule has 1 atom stereocenters. The molecule has 1 heterocycles. The zero-order valence-corrected chi connectivity index (χ0v) is 22.3. The zero-order valence-electron chi connectivity index (χ0n) is 21.6. The van der Waals surface area contributed by atoms with Crippen LogP contribution in [0.25, 0.3) is 0 Å². The van der Waals surface area contributed by atoms with Crippen LogP contribution in [0.3, 0.4) is 0 Å². The molecule has 7 nitrogen and oxygen atoms in total. The zero-order chi connectivity index (χ0) is 26.5. The Kier molecular flexibility index (Phi) is 9.06. The second kappa shape index (κ2) is 11.8. The molecule has 0 aromatic heterocycles. The molecule has 1 N–H and O–H groups in total. The maximum atomic E-state index is 15.1. The van der Waals surface area contributed by atoms with Gasteiger partial charge in [0.2, 0.25) is 0 Å². The molecule has 0 saturated carbocycles. The van der Waals surface area contributed by atoms with E-state index in [1.165, 1.54) is 6.07 Å². The largest absolute Gasteiger partial charge is 0.494 e. The Labute approximate surface area is 217 Å². The molecule has 2 aromatic carbocycles. The van der Waals surface area contributed by atoms with Gasteiger partial charge in [0.1, 0.15) is 16.4 Å². The summed E-state index contributed by atoms with van der Waals surface area (Å²) in [6, 6.07) is 9.80. The molecule has 1 unspecified atom stereocenters. The van der Waals surface area contributed by atoms with Crippen LogP contribution in [0.1, 0.15) is 57.3 Å². The minimum absolute atomic E-state index is 0.00126. The number of carbonyl (C=O) groups excluding carboxylic acids is 2. The van der Waals surface area contributed by atoms with E-state index in [0.717, 1.165) is 12.8 Å². The van der Waals surface area contributed by atoms with Gasteiger partial charge in [-0.25, -0.2) is 9.18 Å². The van der Waals surface area contributed by atoms with Crippen molar-refractivity contribution in [3.63, 3.8) is 0 Å². The number of hydrogen-bond donors (Lipinski definition) is 1. The molecule has 9 heteroatoms. The highest BCUT2D eigenvalue weighted by molar-refractivity contribution is 6.33. The summed E-state index contributed by atoms with van der Waals surface area (Å²) in [4.78, 5) is 28.6. The number of nitrogens with one attached hydrogen (secondary N) is 1. The first-order chi connectivity index (χ1) is 17.0. The number of unbranched alkanes of at least 4 members (excludes halogenated alkanes) is 1. The monoisotopic (exact) mass is 519 g/mol. The van der Waals surface area contributed by atoms with Gasteiger partial charge in [0, 0.05) is 25.7 Å². The fourth-order valence-corrected chi connectivity index (χ4v) is 4.16. The van der Waals surface area contributed by atoms with Gasteiger partial charge < -0.3 is 24.6 Å². The minimum Gasteiger partial charge on any atom is -0.494 e. The highest BCUT2D eigenvalue weighted by Crippen LogP contribution is 2.35. The van der Waals surface area contributed by atoms with Crippen molar-refractivity contribution in [3.8, 4) is 5.75 Å². The number of amides is 2. The molecule has 0 radical (unpaired) electrons. The topological polar surface area (TPSA) is 71.1 Å². The Morgan fingerprint density at radius 1 is 1.19 bits per heavy atom. The van der Waals surface area contributed by atoms with Crippen LogP contribution in [-0.4, -0.2) is 55.3 Å². The van der Waals surface area contributed by atoms with E-state index < -0.39 is 23.4 Å². The van der Waals surface area contributed by atoms with E-state index in [1.54, 1.807) is 42.3 Å². The molecule has 2 aromatic rings. The van der Waals surface area contributed by atoms with Gasteiger partial charge in [-0.2, -0.15) is 0 Å². The van der Waals surface area contributed by atoms with E-state index >= 15 is 4.39 Å². The summed E-state index contributed by atoms with van der Waals surface area (Å²) in [5.41, 5.74) is 0.310. The predicted octanol–water partition coefficient (Wildman–Crippen LogP) is 6.36. The molecular weight excluding hydrogens is 485 g/mol. The van der Waals surface area contributed by atoms with Crippen LogP contribution >= 0.6 is 11.6 Å². The van der Waals surface area contributed by atoms with Crippen molar-refractivity contribution in [3.05, 3.63) is 52.8 Å². The molecule has 1 aliphatic heterocycles. The number of anilines is 2. The maximum absolute atomic E-state index is 15.1. The van der Waals surface area contributed by atoms with E-state index in [1.807, 2.05) is 25.7 Å². The standard InChI is InChI=1S/C27H35ClFN3O4/c1-6-7-16-35-20-10-8-18(9-11-20)25(33)30-21-12-13-22(23(28)24(21)29)32-15-14-19(17-32)31(5)26(34)36-27(2,3)4/h8-13,19H,6-7,14-17H2,1-5H3,(H,30,33). The lowest BCUT2D eigenvalue weighted by Crippen LogP contribution is -2.42. The number of carbonyl (C=O) groups is 2. The molecule has 1 aliphatic rings. The minimum atomic E-state index is -0.703. The molecule has 196 valence electrons. The van der Waals surface area contributed by atoms with Gasteiger partial charge in [0.15, 0.2) is 5.82 Å². The lowest BCUT2D eigenvalue weighted by atomic mass is 10.2. The first-order valence-electron chi connectivity index (χ1n) is 12.2. The van der Waals surface area contributed by atoms with E-state index in [2.05, 4.69) is 12.2 Å². The third kappa shape index (κ3) is 7.03. The molecular formula is C27H35ClFN3O4. The van der Waals surface area contributed by atoms with Crippen LogP contribution in [0, 0.1) is 5.82 Å². The number of rotatable bonds is 8. The molecule has 0 bridgehead atoms. The Balaban J connectivity index is 1.63. The van der Waals surface area contributed by atoms with Gasteiger partial charge in [-0.15, -0.1) is 0 Å². The lowest BCUT2D eigenvalue weighted by molar-refractivity contribution is 0.0237. The van der Waals surface area contributed by atoms with Gasteiger partial charge in [0.25, 0.3) is 5.91 Å². The summed E-state index contributed by atoms with van der Waals surface area (Å²) < 4.78 is 26.2. The summed E-state index contributed by atoms with van der Waals surface area (Å²) in [6.45, 7) is 9.26. The number of ether oxygens (including phenoxy) is 2. The van der Waals surface area contributed by atoms with Gasteiger partial charge in [-0.1, -0.05) is 24.9 Å². The van der Waals surface area contributed by atoms with E-state index in [0.29, 0.717) is 43.1 Å². The number of nitrogens with zero attached hydrogens (tertiary/aromatic N) is 2. The van der Waals surface area contributed by atoms with Crippen molar-refractivity contribution in [2.75, 3.05) is 37.0 Å². The van der Waals surface area contributed by atoms with Crippen LogP contribution in [0.4, 0.5) is 20.6 Å². The fraction of sp³-hybridized carbons (Fsp3) is 0.481. The van der Waals surface area contributed by atoms with Gasteiger partial charge in [-0.05, 0) is 70.0 Å². The third-order valence-corrected chi connectivity index (χ3v) is 6.29. The summed E-state index contributed by atoms with van der Waals surface area (Å²) in [5, 5.41) is 2.52. The summed E-state index contributed by atoms with van der Waals surface area (Å²) >= 11 is 6.38. The molecule has 2 amide bonds. The number of likely N-dealkylation sites (N-methyl/N-ethyl adjacent to an activating group) is 1. The highest BCUT2D eigenvalue weighted by atomic mass is 35.5. The molecule has 36 heavy (non-hydrogen) atoms. The third-order valence-electron chi connectivity index (χ3n) is 5.93. The maximum Gasteiger partial charge on any atom is 0.410 e. The molecule has 3 rings (SSSR count). The van der Waals surface area contributed by atoms with Crippen molar-refractivity contribution in [2.45, 2.75) is 58.6 Å². The Morgan fingerprint density at radius 3 is 2.53 bits per heavy atom. The van der Waals surface area contributed by atoms with Crippen molar-refractivity contribution in [1.29, 1.82) is 0 Å². The van der Waals surface area contributed by atoms with Crippen molar-refractivity contribution in [1.82, 2.24) is 4.90 Å². The lowest BCUT2D eigenvalue weighted by Gasteiger charge is -2.29. The van der Waals surface area contributed by atoms with E-state index in [9.17, 15) is 9.59 Å². The second-order valence-electron chi connectivity index (χ2n) is 9.92. The van der Waals surface area contributed by atoms with Gasteiger partial charge in [0.05, 0.1) is 24.0 Å². The number of halogens is 2. The number of benzene rings is 2. The molecule has 0 aliphatic carbocycles. The Bertz CT molecular complexity index is 1070. The van der Waals surface area contributed by atoms with Crippen LogP contribution in [0.2, 0.25) is 5.02 Å². The molecule has 1 saturated heterocycles. The van der Waals surface area contributed by atoms with E-state index in [4.69, 9.17) is 21.1 Å². The van der Waals surface area contributed by atoms with E-state index in [-0.39, 0.29) is 16.8 Å². The molecule has 0 spiro atoms. The SMILES string of the molecule is CCCCOc1ccc(C(=O)Nc2ccc(N3CCC(N(C)C(=O)OC(C)(C)C)C3)c(Cl)c2F)cc1. The van der Waals surface area contributed by atoms with Gasteiger partial charge in [-0.3, -0.25) is 4.79 Å². The Hall–Kier alpha value is -3.00. The van der Waals surface area contributed by atoms with Crippen LogP contribution in [0.15, 0.2) is 36.4 Å². The quantitative estimate of drug-likeness (QED) is 0.411. The number of hydrogen-bond acceptors (Lipinski definition) is 5. The average Bonchev–Trinajstić information content (AvgIpc) is 3.31. The van der Waals surface area contributed by atoms with Crippen molar-refractivity contribution >= 4 is 35.0 Å². The van der Waals surface area contributed by atoms with Crippen molar-refractivity contribution < 1.29 is 23.5 Å². The summed E-state index contributed by atoms with van der Waals surface area (Å²) in [5.74, 6) is -0.469. The predicted molar refractivity (Wildman–Crippen MR) is 141 cm³/mol. The normalized spacial score (nSPS) is 15.5. The fourth-order valence-electron chi connectivity index (χ4n) is 3.87. The van der Waals surface area contributed by atoms with Crippen LogP contribution in [-0.2, 0) is 4.74 Å². The molecule has 1 fully saturated rings.